The van der Waals surface area contributed by atoms with Crippen LogP contribution < -0.4 is 5.73 Å². The zero-order valence-corrected chi connectivity index (χ0v) is 12.2. The van der Waals surface area contributed by atoms with E-state index in [0.29, 0.717) is 18.1 Å². The molecule has 1 fully saturated rings. The molecule has 3 atom stereocenters. The Balaban J connectivity index is 2.55. The van der Waals surface area contributed by atoms with Crippen molar-refractivity contribution in [3.8, 4) is 0 Å². The van der Waals surface area contributed by atoms with E-state index in [2.05, 4.69) is 37.7 Å². The predicted molar refractivity (Wildman–Crippen MR) is 75.2 cm³/mol. The van der Waals surface area contributed by atoms with E-state index in [0.717, 1.165) is 6.42 Å². The van der Waals surface area contributed by atoms with Crippen molar-refractivity contribution in [1.82, 2.24) is 9.80 Å². The highest BCUT2D eigenvalue weighted by atomic mass is 15.2. The minimum Gasteiger partial charge on any atom is -0.326 e. The van der Waals surface area contributed by atoms with Gasteiger partial charge in [0.05, 0.1) is 0 Å². The maximum atomic E-state index is 6.34. The Kier molecular flexibility index (Phi) is 6.45. The van der Waals surface area contributed by atoms with Crippen molar-refractivity contribution in [2.45, 2.75) is 64.1 Å². The maximum absolute atomic E-state index is 6.34. The molecule has 0 amide bonds. The van der Waals surface area contributed by atoms with Gasteiger partial charge >= 0.3 is 0 Å². The third-order valence-electron chi connectivity index (χ3n) is 4.16. The molecule has 1 rings (SSSR count). The van der Waals surface area contributed by atoms with Crippen LogP contribution in [-0.4, -0.2) is 55.1 Å². The van der Waals surface area contributed by atoms with Crippen LogP contribution in [0.15, 0.2) is 0 Å². The van der Waals surface area contributed by atoms with Crippen molar-refractivity contribution in [1.29, 1.82) is 0 Å². The van der Waals surface area contributed by atoms with E-state index in [1.54, 1.807) is 0 Å². The summed E-state index contributed by atoms with van der Waals surface area (Å²) < 4.78 is 0. The van der Waals surface area contributed by atoms with Gasteiger partial charge in [-0.2, -0.15) is 0 Å². The topological polar surface area (TPSA) is 32.5 Å². The van der Waals surface area contributed by atoms with Crippen molar-refractivity contribution >= 4 is 0 Å². The molecule has 1 saturated heterocycles. The molecule has 0 saturated carbocycles. The van der Waals surface area contributed by atoms with Gasteiger partial charge in [-0.1, -0.05) is 20.3 Å². The minimum absolute atomic E-state index is 0.353. The molecule has 3 heteroatoms. The third-order valence-corrected chi connectivity index (χ3v) is 4.16. The van der Waals surface area contributed by atoms with Gasteiger partial charge < -0.3 is 10.6 Å². The SMILES string of the molecule is CCCC(N)C(CC)N1CCCC(N(C)C)C1. The molecule has 1 aliphatic rings. The highest BCUT2D eigenvalue weighted by molar-refractivity contribution is 4.87. The summed E-state index contributed by atoms with van der Waals surface area (Å²) >= 11 is 0. The lowest BCUT2D eigenvalue weighted by Crippen LogP contribution is -2.54. The van der Waals surface area contributed by atoms with Crippen LogP contribution in [0.25, 0.3) is 0 Å². The van der Waals surface area contributed by atoms with E-state index >= 15 is 0 Å². The second kappa shape index (κ2) is 7.34. The van der Waals surface area contributed by atoms with E-state index in [1.165, 1.54) is 38.8 Å². The molecule has 0 aromatic heterocycles. The van der Waals surface area contributed by atoms with E-state index in [-0.39, 0.29) is 0 Å². The third kappa shape index (κ3) is 4.23. The van der Waals surface area contributed by atoms with Crippen molar-refractivity contribution in [3.63, 3.8) is 0 Å². The Labute approximate surface area is 107 Å². The standard InChI is InChI=1S/C14H31N3/c1-5-8-13(15)14(6-2)17-10-7-9-12(11-17)16(3)4/h12-14H,5-11,15H2,1-4H3. The summed E-state index contributed by atoms with van der Waals surface area (Å²) in [4.78, 5) is 5.00. The van der Waals surface area contributed by atoms with Gasteiger partial charge in [0.15, 0.2) is 0 Å². The highest BCUT2D eigenvalue weighted by Crippen LogP contribution is 2.20. The van der Waals surface area contributed by atoms with Crippen molar-refractivity contribution in [2.24, 2.45) is 5.73 Å². The summed E-state index contributed by atoms with van der Waals surface area (Å²) in [6.07, 6.45) is 6.19. The molecule has 102 valence electrons. The summed E-state index contributed by atoms with van der Waals surface area (Å²) in [6.45, 7) is 6.94. The molecule has 0 aromatic carbocycles. The number of nitrogens with zero attached hydrogens (tertiary/aromatic N) is 2. The molecular weight excluding hydrogens is 210 g/mol. The molecule has 17 heavy (non-hydrogen) atoms. The Bertz CT molecular complexity index is 206. The molecule has 1 aliphatic heterocycles. The summed E-state index contributed by atoms with van der Waals surface area (Å²) in [6, 6.07) is 1.65. The fraction of sp³-hybridized carbons (Fsp3) is 1.00. The Morgan fingerprint density at radius 3 is 2.59 bits per heavy atom. The first-order chi connectivity index (χ1) is 8.10. The lowest BCUT2D eigenvalue weighted by Gasteiger charge is -2.42. The van der Waals surface area contributed by atoms with Gasteiger partial charge in [-0.05, 0) is 46.3 Å². The molecule has 0 bridgehead atoms. The smallest absolute Gasteiger partial charge is 0.0245 e. The zero-order valence-electron chi connectivity index (χ0n) is 12.2. The van der Waals surface area contributed by atoms with Crippen molar-refractivity contribution < 1.29 is 0 Å². The van der Waals surface area contributed by atoms with Crippen molar-refractivity contribution in [2.75, 3.05) is 27.2 Å². The fourth-order valence-corrected chi connectivity index (χ4v) is 3.06. The lowest BCUT2D eigenvalue weighted by molar-refractivity contribution is 0.0807. The van der Waals surface area contributed by atoms with Gasteiger partial charge in [0.1, 0.15) is 0 Å². The minimum atomic E-state index is 0.353. The molecule has 2 N–H and O–H groups in total. The monoisotopic (exact) mass is 241 g/mol. The normalized spacial score (nSPS) is 26.1. The van der Waals surface area contributed by atoms with Crippen molar-refractivity contribution in [3.05, 3.63) is 0 Å². The average molecular weight is 241 g/mol. The summed E-state index contributed by atoms with van der Waals surface area (Å²) in [5.74, 6) is 0. The van der Waals surface area contributed by atoms with E-state index in [4.69, 9.17) is 5.73 Å². The van der Waals surface area contributed by atoms with Crippen LogP contribution >= 0.6 is 0 Å². The van der Waals surface area contributed by atoms with Crippen LogP contribution in [0.4, 0.5) is 0 Å². The summed E-state index contributed by atoms with van der Waals surface area (Å²) in [7, 11) is 4.39. The molecule has 0 spiro atoms. The first kappa shape index (κ1) is 14.9. The van der Waals surface area contributed by atoms with Crippen LogP contribution in [0.1, 0.15) is 46.0 Å². The van der Waals surface area contributed by atoms with Gasteiger partial charge in [0, 0.05) is 24.7 Å². The molecule has 1 heterocycles. The van der Waals surface area contributed by atoms with Gasteiger partial charge in [0.25, 0.3) is 0 Å². The van der Waals surface area contributed by atoms with E-state index in [9.17, 15) is 0 Å². The first-order valence-corrected chi connectivity index (χ1v) is 7.26. The predicted octanol–water partition coefficient (Wildman–Crippen LogP) is 1.92. The molecule has 3 unspecified atom stereocenters. The molecule has 0 aliphatic carbocycles. The molecular formula is C14H31N3. The van der Waals surface area contributed by atoms with Crippen LogP contribution in [0.3, 0.4) is 0 Å². The Morgan fingerprint density at radius 2 is 2.06 bits per heavy atom. The zero-order chi connectivity index (χ0) is 12.8. The number of piperidine rings is 1. The first-order valence-electron chi connectivity index (χ1n) is 7.26. The average Bonchev–Trinajstić information content (AvgIpc) is 2.30. The fourth-order valence-electron chi connectivity index (χ4n) is 3.06. The van der Waals surface area contributed by atoms with E-state index in [1.807, 2.05) is 0 Å². The number of likely N-dealkylation sites (N-methyl/N-ethyl adjacent to an activating group) is 1. The Morgan fingerprint density at radius 1 is 1.35 bits per heavy atom. The quantitative estimate of drug-likeness (QED) is 0.771. The second-order valence-electron chi connectivity index (χ2n) is 5.68. The van der Waals surface area contributed by atoms with Crippen LogP contribution in [0.5, 0.6) is 0 Å². The van der Waals surface area contributed by atoms with Gasteiger partial charge in [-0.25, -0.2) is 0 Å². The largest absolute Gasteiger partial charge is 0.326 e. The maximum Gasteiger partial charge on any atom is 0.0245 e. The Hall–Kier alpha value is -0.120. The summed E-state index contributed by atoms with van der Waals surface area (Å²) in [5, 5.41) is 0. The van der Waals surface area contributed by atoms with Gasteiger partial charge in [-0.3, -0.25) is 4.90 Å². The molecule has 0 radical (unpaired) electrons. The second-order valence-corrected chi connectivity index (χ2v) is 5.68. The van der Waals surface area contributed by atoms with Crippen LogP contribution in [0, 0.1) is 0 Å². The van der Waals surface area contributed by atoms with Crippen LogP contribution in [-0.2, 0) is 0 Å². The van der Waals surface area contributed by atoms with Gasteiger partial charge in [-0.15, -0.1) is 0 Å². The van der Waals surface area contributed by atoms with E-state index < -0.39 is 0 Å². The summed E-state index contributed by atoms with van der Waals surface area (Å²) in [5.41, 5.74) is 6.34. The van der Waals surface area contributed by atoms with Crippen LogP contribution in [0.2, 0.25) is 0 Å². The number of likely N-dealkylation sites (tertiary alicyclic amines) is 1. The number of hydrogen-bond donors (Lipinski definition) is 1. The van der Waals surface area contributed by atoms with Gasteiger partial charge in [0.2, 0.25) is 0 Å². The number of hydrogen-bond acceptors (Lipinski definition) is 3. The number of nitrogens with two attached hydrogens (primary N) is 1. The number of rotatable bonds is 6. The molecule has 3 nitrogen and oxygen atoms in total. The molecule has 0 aromatic rings. The lowest BCUT2D eigenvalue weighted by atomic mass is 9.96. The highest BCUT2D eigenvalue weighted by Gasteiger charge is 2.28.